The van der Waals surface area contributed by atoms with Crippen LogP contribution in [0.1, 0.15) is 32.6 Å². The number of amidine groups is 1. The SMILES string of the molecule is CC1CCCC(N(C)C2=NCC(CBr)S2)C1. The predicted octanol–water partition coefficient (Wildman–Crippen LogP) is 3.36. The van der Waals surface area contributed by atoms with Crippen molar-refractivity contribution in [2.24, 2.45) is 10.9 Å². The van der Waals surface area contributed by atoms with Crippen molar-refractivity contribution in [3.05, 3.63) is 0 Å². The van der Waals surface area contributed by atoms with Gasteiger partial charge in [-0.2, -0.15) is 0 Å². The summed E-state index contributed by atoms with van der Waals surface area (Å²) in [5.41, 5.74) is 0. The second-order valence-electron chi connectivity index (χ2n) is 5.05. The maximum atomic E-state index is 4.66. The summed E-state index contributed by atoms with van der Waals surface area (Å²) in [5.74, 6) is 0.889. The lowest BCUT2D eigenvalue weighted by Gasteiger charge is -2.35. The van der Waals surface area contributed by atoms with Crippen molar-refractivity contribution in [3.8, 4) is 0 Å². The third-order valence-corrected chi connectivity index (χ3v) is 6.12. The van der Waals surface area contributed by atoms with Gasteiger partial charge in [0.1, 0.15) is 0 Å². The average molecular weight is 305 g/mol. The Morgan fingerprint density at radius 3 is 2.94 bits per heavy atom. The second kappa shape index (κ2) is 5.76. The van der Waals surface area contributed by atoms with Crippen LogP contribution in [0.4, 0.5) is 0 Å². The molecule has 3 atom stereocenters. The van der Waals surface area contributed by atoms with Crippen molar-refractivity contribution in [1.82, 2.24) is 4.90 Å². The Balaban J connectivity index is 1.89. The molecule has 0 N–H and O–H groups in total. The van der Waals surface area contributed by atoms with Crippen molar-refractivity contribution >= 4 is 32.9 Å². The average Bonchev–Trinajstić information content (AvgIpc) is 2.76. The lowest BCUT2D eigenvalue weighted by Crippen LogP contribution is -2.38. The molecule has 0 spiro atoms. The van der Waals surface area contributed by atoms with Crippen LogP contribution in [0.3, 0.4) is 0 Å². The minimum atomic E-state index is 0.651. The first kappa shape index (κ1) is 12.7. The van der Waals surface area contributed by atoms with E-state index in [9.17, 15) is 0 Å². The van der Waals surface area contributed by atoms with Crippen molar-refractivity contribution < 1.29 is 0 Å². The zero-order valence-corrected chi connectivity index (χ0v) is 12.6. The number of alkyl halides is 1. The van der Waals surface area contributed by atoms with Gasteiger partial charge in [0, 0.05) is 23.7 Å². The quantitative estimate of drug-likeness (QED) is 0.727. The molecule has 0 aromatic carbocycles. The van der Waals surface area contributed by atoms with Crippen molar-refractivity contribution in [2.45, 2.75) is 43.9 Å². The van der Waals surface area contributed by atoms with Crippen LogP contribution in [-0.2, 0) is 0 Å². The van der Waals surface area contributed by atoms with Crippen LogP contribution >= 0.6 is 27.7 Å². The van der Waals surface area contributed by atoms with Crippen LogP contribution < -0.4 is 0 Å². The fourth-order valence-corrected chi connectivity index (χ4v) is 4.16. The summed E-state index contributed by atoms with van der Waals surface area (Å²) in [5, 5.41) is 2.97. The molecule has 0 amide bonds. The maximum absolute atomic E-state index is 4.66. The molecule has 1 fully saturated rings. The monoisotopic (exact) mass is 304 g/mol. The molecule has 1 aliphatic carbocycles. The fraction of sp³-hybridized carbons (Fsp3) is 0.917. The molecule has 3 unspecified atom stereocenters. The highest BCUT2D eigenvalue weighted by molar-refractivity contribution is 9.09. The van der Waals surface area contributed by atoms with E-state index in [4.69, 9.17) is 0 Å². The summed E-state index contributed by atoms with van der Waals surface area (Å²) >= 11 is 5.49. The van der Waals surface area contributed by atoms with E-state index >= 15 is 0 Å². The standard InChI is InChI=1S/C12H21BrN2S/c1-9-4-3-5-10(6-9)15(2)12-14-8-11(7-13)16-12/h9-11H,3-8H2,1-2H3. The lowest BCUT2D eigenvalue weighted by molar-refractivity contribution is 0.234. The third-order valence-electron chi connectivity index (χ3n) is 3.63. The smallest absolute Gasteiger partial charge is 0.159 e. The molecule has 0 aromatic rings. The van der Waals surface area contributed by atoms with E-state index in [2.05, 4.69) is 39.8 Å². The zero-order valence-electron chi connectivity index (χ0n) is 10.2. The molecule has 16 heavy (non-hydrogen) atoms. The van der Waals surface area contributed by atoms with Gasteiger partial charge in [-0.3, -0.25) is 4.99 Å². The summed E-state index contributed by atoms with van der Waals surface area (Å²) < 4.78 is 0. The topological polar surface area (TPSA) is 15.6 Å². The van der Waals surface area contributed by atoms with Gasteiger partial charge in [-0.15, -0.1) is 0 Å². The normalized spacial score (nSPS) is 34.9. The minimum absolute atomic E-state index is 0.651. The van der Waals surface area contributed by atoms with Crippen LogP contribution in [0.15, 0.2) is 4.99 Å². The summed E-state index contributed by atoms with van der Waals surface area (Å²) in [6.45, 7) is 3.36. The number of hydrogen-bond acceptors (Lipinski definition) is 3. The number of nitrogens with zero attached hydrogens (tertiary/aromatic N) is 2. The molecule has 0 bridgehead atoms. The summed E-state index contributed by atoms with van der Waals surface area (Å²) in [6.07, 6.45) is 5.48. The maximum Gasteiger partial charge on any atom is 0.159 e. The molecule has 1 saturated carbocycles. The highest BCUT2D eigenvalue weighted by atomic mass is 79.9. The van der Waals surface area contributed by atoms with Gasteiger partial charge in [-0.05, 0) is 18.8 Å². The van der Waals surface area contributed by atoms with Gasteiger partial charge in [0.15, 0.2) is 5.17 Å². The third kappa shape index (κ3) is 2.95. The Kier molecular flexibility index (Phi) is 4.59. The first-order valence-electron chi connectivity index (χ1n) is 6.20. The molecular formula is C12H21BrN2S. The molecule has 1 heterocycles. The Morgan fingerprint density at radius 2 is 2.31 bits per heavy atom. The van der Waals surface area contributed by atoms with E-state index in [1.165, 1.54) is 30.9 Å². The highest BCUT2D eigenvalue weighted by Crippen LogP contribution is 2.31. The van der Waals surface area contributed by atoms with Crippen molar-refractivity contribution in [2.75, 3.05) is 18.9 Å². The molecule has 4 heteroatoms. The lowest BCUT2D eigenvalue weighted by atomic mass is 9.86. The van der Waals surface area contributed by atoms with Gasteiger partial charge in [0.2, 0.25) is 0 Å². The van der Waals surface area contributed by atoms with E-state index in [0.717, 1.165) is 23.8 Å². The number of aliphatic imine (C=N–C) groups is 1. The van der Waals surface area contributed by atoms with Gasteiger partial charge >= 0.3 is 0 Å². The molecule has 2 aliphatic rings. The van der Waals surface area contributed by atoms with Crippen LogP contribution in [0.25, 0.3) is 0 Å². The van der Waals surface area contributed by atoms with Crippen LogP contribution in [0, 0.1) is 5.92 Å². The molecule has 2 rings (SSSR count). The number of rotatable bonds is 2. The van der Waals surface area contributed by atoms with Gasteiger partial charge in [-0.25, -0.2) is 0 Å². The van der Waals surface area contributed by atoms with Gasteiger partial charge in [0.25, 0.3) is 0 Å². The van der Waals surface area contributed by atoms with E-state index in [0.29, 0.717) is 5.25 Å². The van der Waals surface area contributed by atoms with E-state index in [-0.39, 0.29) is 0 Å². The molecule has 0 saturated heterocycles. The molecule has 0 radical (unpaired) electrons. The highest BCUT2D eigenvalue weighted by Gasteiger charge is 2.28. The zero-order chi connectivity index (χ0) is 11.5. The summed E-state index contributed by atoms with van der Waals surface area (Å²) in [4.78, 5) is 7.10. The number of thioether (sulfide) groups is 1. The second-order valence-corrected chi connectivity index (χ2v) is 6.97. The van der Waals surface area contributed by atoms with Gasteiger partial charge < -0.3 is 4.90 Å². The van der Waals surface area contributed by atoms with Crippen LogP contribution in [0.2, 0.25) is 0 Å². The number of halogens is 1. The van der Waals surface area contributed by atoms with Gasteiger partial charge in [-0.1, -0.05) is 47.5 Å². The largest absolute Gasteiger partial charge is 0.352 e. The van der Waals surface area contributed by atoms with Crippen molar-refractivity contribution in [1.29, 1.82) is 0 Å². The molecule has 92 valence electrons. The first-order valence-corrected chi connectivity index (χ1v) is 8.20. The molecular weight excluding hydrogens is 284 g/mol. The van der Waals surface area contributed by atoms with Gasteiger partial charge in [0.05, 0.1) is 6.54 Å². The molecule has 1 aliphatic heterocycles. The first-order chi connectivity index (χ1) is 7.70. The van der Waals surface area contributed by atoms with Crippen molar-refractivity contribution in [3.63, 3.8) is 0 Å². The Labute approximate surface area is 111 Å². The summed E-state index contributed by atoms with van der Waals surface area (Å²) in [6, 6.07) is 0.726. The van der Waals surface area contributed by atoms with E-state index in [1.54, 1.807) is 0 Å². The molecule has 0 aromatic heterocycles. The van der Waals surface area contributed by atoms with E-state index in [1.807, 2.05) is 11.8 Å². The van der Waals surface area contributed by atoms with E-state index < -0.39 is 0 Å². The number of hydrogen-bond donors (Lipinski definition) is 0. The molecule has 2 nitrogen and oxygen atoms in total. The Bertz CT molecular complexity index is 270. The minimum Gasteiger partial charge on any atom is -0.352 e. The van der Waals surface area contributed by atoms with Crippen LogP contribution in [-0.4, -0.2) is 40.3 Å². The summed E-state index contributed by atoms with van der Waals surface area (Å²) in [7, 11) is 2.23. The Hall–Kier alpha value is 0.300. The van der Waals surface area contributed by atoms with Crippen LogP contribution in [0.5, 0.6) is 0 Å². The predicted molar refractivity (Wildman–Crippen MR) is 76.7 cm³/mol. The Morgan fingerprint density at radius 1 is 1.50 bits per heavy atom. The fourth-order valence-electron chi connectivity index (χ4n) is 2.59.